The fraction of sp³-hybridized carbons (Fsp3) is 0.333. The molecule has 3 aromatic rings. The number of carbonyl (C=O) groups excluding carboxylic acids is 1. The van der Waals surface area contributed by atoms with Gasteiger partial charge in [-0.2, -0.15) is 0 Å². The number of rotatable bonds is 6. The van der Waals surface area contributed by atoms with Crippen LogP contribution in [0.3, 0.4) is 0 Å². The van der Waals surface area contributed by atoms with Crippen LogP contribution >= 0.6 is 0 Å². The highest BCUT2D eigenvalue weighted by Gasteiger charge is 2.47. The molecule has 2 fully saturated rings. The Bertz CT molecular complexity index is 1290. The van der Waals surface area contributed by atoms with Gasteiger partial charge in [-0.25, -0.2) is 0 Å². The molecule has 2 N–H and O–H groups in total. The molecule has 165 valence electrons. The van der Waals surface area contributed by atoms with Gasteiger partial charge in [0.05, 0.1) is 27.0 Å². The van der Waals surface area contributed by atoms with Crippen LogP contribution in [-0.4, -0.2) is 39.4 Å². The lowest BCUT2D eigenvalue weighted by Crippen LogP contribution is -2.53. The van der Waals surface area contributed by atoms with Crippen LogP contribution in [0.15, 0.2) is 48.7 Å². The molecule has 1 unspecified atom stereocenters. The van der Waals surface area contributed by atoms with Crippen molar-refractivity contribution in [3.8, 4) is 17.6 Å². The van der Waals surface area contributed by atoms with Crippen LogP contribution in [0.5, 0.6) is 5.75 Å². The first-order valence-corrected chi connectivity index (χ1v) is 11.9. The number of fused-ring (bicyclic) bond motifs is 1. The SMILES string of the molecule is CC#Cc1cc(C2(NC(=O)c3cc(OC([Si])[C@@H]4CCN4)ccc3C)CC2)c2cccnc2c1. The van der Waals surface area contributed by atoms with Gasteiger partial charge < -0.3 is 15.4 Å². The van der Waals surface area contributed by atoms with Gasteiger partial charge in [0.25, 0.3) is 5.91 Å². The van der Waals surface area contributed by atoms with Crippen LogP contribution in [0.1, 0.15) is 53.2 Å². The first-order chi connectivity index (χ1) is 16.0. The molecule has 3 radical (unpaired) electrons. The third-order valence-electron chi connectivity index (χ3n) is 6.55. The van der Waals surface area contributed by atoms with E-state index in [0.717, 1.165) is 53.4 Å². The van der Waals surface area contributed by atoms with Crippen molar-refractivity contribution in [3.63, 3.8) is 0 Å². The Kier molecular flexibility index (Phi) is 5.69. The molecule has 1 saturated heterocycles. The zero-order valence-corrected chi connectivity index (χ0v) is 19.9. The molecule has 1 amide bonds. The average Bonchev–Trinajstić information content (AvgIpc) is 3.54. The van der Waals surface area contributed by atoms with Gasteiger partial charge in [0, 0.05) is 28.8 Å². The van der Waals surface area contributed by atoms with Gasteiger partial charge in [0.1, 0.15) is 5.75 Å². The summed E-state index contributed by atoms with van der Waals surface area (Å²) in [6.45, 7) is 4.79. The largest absolute Gasteiger partial charge is 0.493 e. The highest BCUT2D eigenvalue weighted by atomic mass is 28.1. The maximum Gasteiger partial charge on any atom is 0.252 e. The fourth-order valence-electron chi connectivity index (χ4n) is 4.38. The van der Waals surface area contributed by atoms with E-state index in [2.05, 4.69) is 49.8 Å². The third kappa shape index (κ3) is 4.27. The van der Waals surface area contributed by atoms with E-state index < -0.39 is 5.54 Å². The molecule has 1 aliphatic carbocycles. The number of nitrogens with zero attached hydrogens (tertiary/aromatic N) is 1. The first kappa shape index (κ1) is 21.7. The van der Waals surface area contributed by atoms with E-state index in [0.29, 0.717) is 11.3 Å². The Morgan fingerprint density at radius 2 is 2.12 bits per heavy atom. The lowest BCUT2D eigenvalue weighted by Gasteiger charge is -2.33. The molecular weight excluding hydrogens is 426 g/mol. The van der Waals surface area contributed by atoms with Gasteiger partial charge >= 0.3 is 0 Å². The summed E-state index contributed by atoms with van der Waals surface area (Å²) in [5, 5.41) is 7.72. The van der Waals surface area contributed by atoms with Gasteiger partial charge in [-0.1, -0.05) is 18.1 Å². The van der Waals surface area contributed by atoms with E-state index in [1.54, 1.807) is 6.20 Å². The van der Waals surface area contributed by atoms with Crippen molar-refractivity contribution in [3.05, 3.63) is 70.9 Å². The third-order valence-corrected chi connectivity index (χ3v) is 7.07. The van der Waals surface area contributed by atoms with Crippen LogP contribution in [0.4, 0.5) is 0 Å². The standard InChI is InChI=1S/C27H26N3O2Si/c1-3-5-18-14-22(20-6-4-12-28-24(20)15-18)27(10-11-27)30-25(31)21-16-19(8-7-17(21)2)32-26(33)23-9-13-29-23/h4,6-8,12,14-16,23,26,29H,9-11,13H2,1-2H3,(H,30,31)/t23-,26?/m0/s1. The molecule has 5 rings (SSSR count). The maximum absolute atomic E-state index is 13.4. The van der Waals surface area contributed by atoms with Crippen molar-refractivity contribution in [1.29, 1.82) is 0 Å². The smallest absolute Gasteiger partial charge is 0.252 e. The van der Waals surface area contributed by atoms with Crippen molar-refractivity contribution < 1.29 is 9.53 Å². The number of hydrogen-bond donors (Lipinski definition) is 2. The lowest BCUT2D eigenvalue weighted by atomic mass is 9.95. The van der Waals surface area contributed by atoms with Gasteiger partial charge in [-0.15, -0.1) is 5.92 Å². The molecule has 0 spiro atoms. The van der Waals surface area contributed by atoms with Crippen LogP contribution in [0, 0.1) is 18.8 Å². The summed E-state index contributed by atoms with van der Waals surface area (Å²) in [6.07, 6.45) is 4.63. The Morgan fingerprint density at radius 1 is 1.30 bits per heavy atom. The highest BCUT2D eigenvalue weighted by molar-refractivity contribution is 6.11. The molecule has 5 nitrogen and oxygen atoms in total. The summed E-state index contributed by atoms with van der Waals surface area (Å²) < 4.78 is 6.04. The lowest BCUT2D eigenvalue weighted by molar-refractivity contribution is 0.0929. The van der Waals surface area contributed by atoms with Gasteiger partial charge in [0.15, 0.2) is 0 Å². The molecule has 0 bridgehead atoms. The monoisotopic (exact) mass is 452 g/mol. The van der Waals surface area contributed by atoms with E-state index in [1.807, 2.05) is 44.2 Å². The second-order valence-corrected chi connectivity index (χ2v) is 9.44. The molecule has 1 aliphatic heterocycles. The number of hydrogen-bond acceptors (Lipinski definition) is 4. The number of aryl methyl sites for hydroxylation is 1. The summed E-state index contributed by atoms with van der Waals surface area (Å²) in [6, 6.07) is 14.1. The van der Waals surface area contributed by atoms with Crippen LogP contribution in [0.2, 0.25) is 0 Å². The molecule has 2 atom stereocenters. The molecule has 1 aromatic heterocycles. The molecule has 1 saturated carbocycles. The second-order valence-electron chi connectivity index (χ2n) is 8.87. The van der Waals surface area contributed by atoms with E-state index >= 15 is 0 Å². The van der Waals surface area contributed by atoms with Crippen molar-refractivity contribution in [2.24, 2.45) is 0 Å². The van der Waals surface area contributed by atoms with Gasteiger partial charge in [0.2, 0.25) is 0 Å². The Hall–Kier alpha value is -3.14. The van der Waals surface area contributed by atoms with Crippen LogP contribution in [0.25, 0.3) is 10.9 Å². The van der Waals surface area contributed by atoms with Crippen molar-refractivity contribution >= 4 is 27.1 Å². The normalized spacial score (nSPS) is 19.1. The highest BCUT2D eigenvalue weighted by Crippen LogP contribution is 2.48. The molecule has 2 aliphatic rings. The summed E-state index contributed by atoms with van der Waals surface area (Å²) in [5.74, 6) is 6.71. The number of aromatic nitrogens is 1. The zero-order chi connectivity index (χ0) is 23.0. The summed E-state index contributed by atoms with van der Waals surface area (Å²) >= 11 is 0. The number of nitrogens with one attached hydrogen (secondary N) is 2. The maximum atomic E-state index is 13.4. The Balaban J connectivity index is 1.43. The van der Waals surface area contributed by atoms with Gasteiger partial charge in [-0.05, 0) is 81.1 Å². The summed E-state index contributed by atoms with van der Waals surface area (Å²) in [5.41, 5.74) is 3.91. The summed E-state index contributed by atoms with van der Waals surface area (Å²) in [7, 11) is 3.66. The van der Waals surface area contributed by atoms with E-state index in [4.69, 9.17) is 4.74 Å². The predicted molar refractivity (Wildman–Crippen MR) is 130 cm³/mol. The van der Waals surface area contributed by atoms with Crippen LogP contribution in [-0.2, 0) is 5.54 Å². The minimum Gasteiger partial charge on any atom is -0.493 e. The van der Waals surface area contributed by atoms with Crippen molar-refractivity contribution in [2.75, 3.05) is 6.54 Å². The van der Waals surface area contributed by atoms with Crippen LogP contribution < -0.4 is 15.4 Å². The van der Waals surface area contributed by atoms with E-state index in [-0.39, 0.29) is 17.7 Å². The minimum absolute atomic E-state index is 0.0910. The molecular formula is C27H26N3O2Si. The zero-order valence-electron chi connectivity index (χ0n) is 18.9. The molecule has 33 heavy (non-hydrogen) atoms. The number of benzene rings is 2. The molecule has 6 heteroatoms. The number of carbonyl (C=O) groups is 1. The summed E-state index contributed by atoms with van der Waals surface area (Å²) in [4.78, 5) is 18.0. The number of ether oxygens (including phenoxy) is 1. The molecule has 2 heterocycles. The number of pyridine rings is 1. The fourth-order valence-corrected chi connectivity index (χ4v) is 4.80. The average molecular weight is 453 g/mol. The quantitative estimate of drug-likeness (QED) is 0.443. The second kappa shape index (κ2) is 8.66. The van der Waals surface area contributed by atoms with E-state index in [1.165, 1.54) is 0 Å². The minimum atomic E-state index is -0.402. The predicted octanol–water partition coefficient (Wildman–Crippen LogP) is 3.57. The van der Waals surface area contributed by atoms with Crippen molar-refractivity contribution in [1.82, 2.24) is 15.6 Å². The van der Waals surface area contributed by atoms with Crippen molar-refractivity contribution in [2.45, 2.75) is 50.4 Å². The first-order valence-electron chi connectivity index (χ1n) is 11.4. The number of amides is 1. The Morgan fingerprint density at radius 3 is 2.82 bits per heavy atom. The Labute approximate surface area is 197 Å². The molecule has 2 aromatic carbocycles. The topological polar surface area (TPSA) is 63.2 Å². The van der Waals surface area contributed by atoms with Gasteiger partial charge in [-0.3, -0.25) is 9.78 Å². The van der Waals surface area contributed by atoms with E-state index in [9.17, 15) is 4.79 Å².